The van der Waals surface area contributed by atoms with Gasteiger partial charge in [0.2, 0.25) is 0 Å². The molecule has 0 bridgehead atoms. The summed E-state index contributed by atoms with van der Waals surface area (Å²) in [5.74, 6) is 0.491. The summed E-state index contributed by atoms with van der Waals surface area (Å²) < 4.78 is 2.03. The first-order valence-corrected chi connectivity index (χ1v) is 20.2. The minimum absolute atomic E-state index is 0.0586. The Morgan fingerprint density at radius 1 is 1.04 bits per heavy atom. The molecule has 250 valence electrons. The van der Waals surface area contributed by atoms with Crippen LogP contribution in [-0.2, 0) is 31.1 Å². The first-order chi connectivity index (χ1) is 21.3. The molecule has 3 aromatic rings. The number of likely N-dealkylation sites (tertiary alicyclic amines) is 1. The molecule has 0 radical (unpaired) electrons. The summed E-state index contributed by atoms with van der Waals surface area (Å²) in [7, 11) is 1.63. The molecule has 1 saturated heterocycles. The van der Waals surface area contributed by atoms with Crippen LogP contribution in [0.2, 0.25) is 0 Å². The summed E-state index contributed by atoms with van der Waals surface area (Å²) in [6, 6.07) is 12.7. The van der Waals surface area contributed by atoms with Crippen LogP contribution in [0.5, 0.6) is 0 Å². The number of rotatable bonds is 9. The van der Waals surface area contributed by atoms with Gasteiger partial charge in [0, 0.05) is 36.6 Å². The van der Waals surface area contributed by atoms with Crippen molar-refractivity contribution >= 4 is 53.1 Å². The number of nitrogens with zero attached hydrogens (tertiary/aromatic N) is 2. The number of hydrogen-bond acceptors (Lipinski definition) is 5. The van der Waals surface area contributed by atoms with E-state index in [1.54, 1.807) is 0 Å². The van der Waals surface area contributed by atoms with Gasteiger partial charge in [0.05, 0.1) is 5.52 Å². The summed E-state index contributed by atoms with van der Waals surface area (Å²) in [6.45, 7) is 22.0. The number of nitrogens with one attached hydrogen (secondary N) is 2. The minimum Gasteiger partial charge on any atom is -0.356 e. The molecule has 1 aliphatic rings. The maximum atomic E-state index is 13.4. The van der Waals surface area contributed by atoms with Crippen LogP contribution in [0.15, 0.2) is 36.4 Å². The number of para-hydroxylation sites is 1. The van der Waals surface area contributed by atoms with Crippen LogP contribution in [0.4, 0.5) is 11.4 Å². The Hall–Kier alpha value is -2.34. The van der Waals surface area contributed by atoms with Crippen molar-refractivity contribution in [3.8, 4) is 0 Å². The predicted octanol–water partition coefficient (Wildman–Crippen LogP) is 9.95. The Labute approximate surface area is 279 Å². The Kier molecular flexibility index (Phi) is 16.2. The van der Waals surface area contributed by atoms with Crippen molar-refractivity contribution in [3.05, 3.63) is 58.8 Å². The largest absolute Gasteiger partial charge is 0.356 e. The zero-order chi connectivity index (χ0) is 33.7. The number of benzene rings is 2. The average Bonchev–Trinajstić information content (AvgIpc) is 3.34. The molecule has 0 spiro atoms. The lowest BCUT2D eigenvalue weighted by Gasteiger charge is -2.38. The van der Waals surface area contributed by atoms with Crippen molar-refractivity contribution in [2.24, 2.45) is 13.0 Å². The van der Waals surface area contributed by atoms with Crippen LogP contribution in [0.1, 0.15) is 102 Å². The van der Waals surface area contributed by atoms with Crippen LogP contribution in [0, 0.1) is 5.92 Å². The molecule has 1 amide bonds. The van der Waals surface area contributed by atoms with Crippen molar-refractivity contribution < 1.29 is 9.59 Å². The molecule has 4 rings (SSSR count). The number of carbonyl (C=O) groups excluding carboxylic acids is 2. The number of piperidine rings is 1. The molecule has 8 heteroatoms. The van der Waals surface area contributed by atoms with E-state index < -0.39 is 0 Å². The van der Waals surface area contributed by atoms with Crippen LogP contribution in [-0.4, -0.2) is 53.2 Å². The molecule has 1 unspecified atom stereocenters. The lowest BCUT2D eigenvalue weighted by molar-refractivity contribution is -0.106. The van der Waals surface area contributed by atoms with Gasteiger partial charge in [-0.05, 0) is 127 Å². The number of hydrogen-bond donors (Lipinski definition) is 2. The fourth-order valence-corrected chi connectivity index (χ4v) is 7.08. The second-order valence-corrected chi connectivity index (χ2v) is 17.4. The van der Waals surface area contributed by atoms with Gasteiger partial charge in [-0.2, -0.15) is 0 Å². The van der Waals surface area contributed by atoms with Gasteiger partial charge in [-0.3, -0.25) is 9.69 Å². The van der Waals surface area contributed by atoms with Crippen molar-refractivity contribution in [2.75, 3.05) is 36.4 Å². The van der Waals surface area contributed by atoms with Crippen molar-refractivity contribution in [1.82, 2.24) is 9.47 Å². The highest BCUT2D eigenvalue weighted by molar-refractivity contribution is 8.55. The monoisotopic (exact) mass is 654 g/mol. The van der Waals surface area contributed by atoms with Gasteiger partial charge < -0.3 is 19.8 Å². The van der Waals surface area contributed by atoms with Crippen molar-refractivity contribution in [3.63, 3.8) is 0 Å². The number of aldehydes is 1. The van der Waals surface area contributed by atoms with Gasteiger partial charge in [-0.1, -0.05) is 52.3 Å². The van der Waals surface area contributed by atoms with Crippen molar-refractivity contribution in [2.45, 2.75) is 99.5 Å². The van der Waals surface area contributed by atoms with Gasteiger partial charge in [0.1, 0.15) is 12.0 Å². The quantitative estimate of drug-likeness (QED) is 0.178. The maximum Gasteiger partial charge on any atom is 0.272 e. The molecule has 1 aliphatic heterocycles. The van der Waals surface area contributed by atoms with Crippen LogP contribution < -0.4 is 10.4 Å². The van der Waals surface area contributed by atoms with E-state index in [0.717, 1.165) is 47.8 Å². The van der Waals surface area contributed by atoms with Crippen LogP contribution >= 0.6 is 18.7 Å². The fraction of sp³-hybridized carbons (Fsp3) is 0.568. The number of fused-ring (bicyclic) bond motifs is 1. The van der Waals surface area contributed by atoms with E-state index in [0.29, 0.717) is 17.2 Å². The Balaban J connectivity index is 0.000000452. The Bertz CT molecular complexity index is 1370. The van der Waals surface area contributed by atoms with Gasteiger partial charge >= 0.3 is 0 Å². The molecule has 1 aromatic heterocycles. The van der Waals surface area contributed by atoms with E-state index in [1.165, 1.54) is 56.0 Å². The molecule has 45 heavy (non-hydrogen) atoms. The second kappa shape index (κ2) is 18.7. The molecule has 2 heterocycles. The first-order valence-electron chi connectivity index (χ1n) is 16.5. The van der Waals surface area contributed by atoms with Crippen LogP contribution in [0.25, 0.3) is 10.9 Å². The maximum absolute atomic E-state index is 13.4. The molecule has 1 atom stereocenters. The average molecular weight is 655 g/mol. The molecule has 1 fully saturated rings. The number of aryl methyl sites for hydroxylation is 2. The number of aromatic nitrogens is 1. The molecule has 6 nitrogen and oxygen atoms in total. The minimum atomic E-state index is -0.361. The zero-order valence-electron chi connectivity index (χ0n) is 29.8. The zero-order valence-corrected chi connectivity index (χ0v) is 31.6. The summed E-state index contributed by atoms with van der Waals surface area (Å²) in [5.41, 5.74) is 7.99. The third-order valence-corrected chi connectivity index (χ3v) is 11.2. The SMILES string of the molecule is CC(C)(C)N1CCCCC1.CC=O.CCc1c(NC(=O)c2cc3cccc(CC)c3n2C)cc(CC(C)C)cc1NP(C)SC. The van der Waals surface area contributed by atoms with Gasteiger partial charge in [0.25, 0.3) is 5.91 Å². The number of carbonyl (C=O) groups is 2. The van der Waals surface area contributed by atoms with Gasteiger partial charge in [-0.15, -0.1) is 11.4 Å². The summed E-state index contributed by atoms with van der Waals surface area (Å²) in [4.78, 5) is 24.8. The molecule has 0 saturated carbocycles. The van der Waals surface area contributed by atoms with Crippen LogP contribution in [0.3, 0.4) is 0 Å². The standard InChI is InChI=1S/C26H36N3OPS.C9H19N.C2H4O/c1-8-19-11-10-12-20-16-24(29(5)25(19)20)26(30)27-22-14-18(13-17(3)4)15-23(21(22)9-2)28-31(6)32-7;1-9(2,3)10-7-5-4-6-8-10;1-2-3/h10-12,14-17,28H,8-9,13H2,1-7H3,(H,27,30);4-8H2,1-3H3;2H,1H3. The lowest BCUT2D eigenvalue weighted by atomic mass is 9.98. The molecular formula is C37H59N4O2PS. The summed E-state index contributed by atoms with van der Waals surface area (Å²) in [5, 5.41) is 8.07. The highest BCUT2D eigenvalue weighted by Crippen LogP contribution is 2.45. The van der Waals surface area contributed by atoms with E-state index in [1.807, 2.05) is 29.1 Å². The van der Waals surface area contributed by atoms with Gasteiger partial charge in [-0.25, -0.2) is 0 Å². The van der Waals surface area contributed by atoms with E-state index in [2.05, 4.69) is 107 Å². The van der Waals surface area contributed by atoms with E-state index in [9.17, 15) is 4.79 Å². The second-order valence-electron chi connectivity index (χ2n) is 13.1. The highest BCUT2D eigenvalue weighted by Gasteiger charge is 2.22. The Morgan fingerprint density at radius 3 is 2.18 bits per heavy atom. The van der Waals surface area contributed by atoms with Gasteiger partial charge in [0.15, 0.2) is 0 Å². The number of amides is 1. The molecular weight excluding hydrogens is 595 g/mol. The molecule has 0 aliphatic carbocycles. The molecule has 2 aromatic carbocycles. The van der Waals surface area contributed by atoms with E-state index >= 15 is 0 Å². The van der Waals surface area contributed by atoms with Crippen molar-refractivity contribution in [1.29, 1.82) is 0 Å². The highest BCUT2D eigenvalue weighted by atomic mass is 32.7. The van der Waals surface area contributed by atoms with E-state index in [-0.39, 0.29) is 13.2 Å². The van der Waals surface area contributed by atoms with E-state index in [4.69, 9.17) is 4.79 Å². The first kappa shape index (κ1) is 38.8. The third-order valence-electron chi connectivity index (χ3n) is 8.17. The smallest absolute Gasteiger partial charge is 0.272 e. The predicted molar refractivity (Wildman–Crippen MR) is 202 cm³/mol. The topological polar surface area (TPSA) is 66.4 Å². The summed E-state index contributed by atoms with van der Waals surface area (Å²) >= 11 is 1.85. The summed E-state index contributed by atoms with van der Waals surface area (Å²) in [6.07, 6.45) is 9.90. The lowest BCUT2D eigenvalue weighted by Crippen LogP contribution is -2.44. The third kappa shape index (κ3) is 11.4. The Morgan fingerprint density at radius 2 is 1.67 bits per heavy atom. The fourth-order valence-electron chi connectivity index (χ4n) is 5.88. The molecule has 2 N–H and O–H groups in total. The number of anilines is 2. The normalized spacial score (nSPS) is 14.2.